The molecule has 0 unspecified atom stereocenters. The van der Waals surface area contributed by atoms with Crippen molar-refractivity contribution in [1.29, 1.82) is 0 Å². The Kier molecular flexibility index (Phi) is 6.66. The van der Waals surface area contributed by atoms with Gasteiger partial charge in [0, 0.05) is 0 Å². The molecule has 0 heterocycles. The molecule has 0 atom stereocenters. The predicted octanol–water partition coefficient (Wildman–Crippen LogP) is 2.60. The van der Waals surface area contributed by atoms with Gasteiger partial charge in [-0.25, -0.2) is 4.79 Å². The van der Waals surface area contributed by atoms with E-state index in [4.69, 9.17) is 24.0 Å². The van der Waals surface area contributed by atoms with E-state index in [1.807, 2.05) is 6.92 Å². The molecule has 0 fully saturated rings. The van der Waals surface area contributed by atoms with Crippen LogP contribution in [-0.2, 0) is 9.78 Å². The van der Waals surface area contributed by atoms with Crippen molar-refractivity contribution < 1.29 is 28.8 Å². The maximum Gasteiger partial charge on any atom is 0.376 e. The number of methoxy groups -OCH3 is 3. The monoisotopic (exact) mass is 284 g/mol. The Morgan fingerprint density at radius 1 is 1.05 bits per heavy atom. The van der Waals surface area contributed by atoms with Crippen molar-refractivity contribution in [3.05, 3.63) is 17.7 Å². The number of rotatable bonds is 8. The van der Waals surface area contributed by atoms with Crippen molar-refractivity contribution >= 4 is 5.97 Å². The SMILES string of the molecule is CCCCOOC(=O)c1ccc(OC)c(OC)c1OC. The molecule has 6 heteroatoms. The first-order chi connectivity index (χ1) is 9.69. The van der Waals surface area contributed by atoms with Crippen LogP contribution in [0.15, 0.2) is 12.1 Å². The fraction of sp³-hybridized carbons (Fsp3) is 0.500. The van der Waals surface area contributed by atoms with Crippen molar-refractivity contribution in [3.63, 3.8) is 0 Å². The van der Waals surface area contributed by atoms with Gasteiger partial charge in [0.05, 0.1) is 27.9 Å². The van der Waals surface area contributed by atoms with E-state index in [0.717, 1.165) is 12.8 Å². The lowest BCUT2D eigenvalue weighted by Crippen LogP contribution is -2.09. The summed E-state index contributed by atoms with van der Waals surface area (Å²) in [6.45, 7) is 2.38. The second-order valence-electron chi connectivity index (χ2n) is 3.93. The van der Waals surface area contributed by atoms with Crippen molar-refractivity contribution in [2.45, 2.75) is 19.8 Å². The molecule has 0 aliphatic rings. The molecule has 0 radical (unpaired) electrons. The van der Waals surface area contributed by atoms with Crippen LogP contribution in [0.4, 0.5) is 0 Å². The summed E-state index contributed by atoms with van der Waals surface area (Å²) in [5, 5.41) is 0. The Morgan fingerprint density at radius 3 is 2.30 bits per heavy atom. The van der Waals surface area contributed by atoms with Crippen LogP contribution >= 0.6 is 0 Å². The highest BCUT2D eigenvalue weighted by Crippen LogP contribution is 2.39. The highest BCUT2D eigenvalue weighted by atomic mass is 17.2. The van der Waals surface area contributed by atoms with Crippen LogP contribution in [-0.4, -0.2) is 33.9 Å². The minimum atomic E-state index is -0.640. The van der Waals surface area contributed by atoms with E-state index in [-0.39, 0.29) is 11.3 Å². The molecule has 0 aliphatic heterocycles. The third kappa shape index (κ3) is 3.77. The van der Waals surface area contributed by atoms with Crippen LogP contribution in [0, 0.1) is 0 Å². The molecule has 0 saturated heterocycles. The molecule has 0 spiro atoms. The summed E-state index contributed by atoms with van der Waals surface area (Å²) in [5.74, 6) is 0.403. The first-order valence-electron chi connectivity index (χ1n) is 6.32. The summed E-state index contributed by atoms with van der Waals surface area (Å²) >= 11 is 0. The van der Waals surface area contributed by atoms with Gasteiger partial charge < -0.3 is 14.2 Å². The van der Waals surface area contributed by atoms with E-state index in [1.165, 1.54) is 27.4 Å². The lowest BCUT2D eigenvalue weighted by atomic mass is 10.1. The van der Waals surface area contributed by atoms with Gasteiger partial charge in [0.15, 0.2) is 11.5 Å². The molecular weight excluding hydrogens is 264 g/mol. The van der Waals surface area contributed by atoms with Crippen molar-refractivity contribution in [2.24, 2.45) is 0 Å². The molecule has 1 aromatic rings. The fourth-order valence-corrected chi connectivity index (χ4v) is 1.61. The van der Waals surface area contributed by atoms with Crippen molar-refractivity contribution in [1.82, 2.24) is 0 Å². The maximum atomic E-state index is 11.9. The van der Waals surface area contributed by atoms with Crippen molar-refractivity contribution in [3.8, 4) is 17.2 Å². The Bertz CT molecular complexity index is 444. The molecule has 0 amide bonds. The van der Waals surface area contributed by atoms with Crippen molar-refractivity contribution in [2.75, 3.05) is 27.9 Å². The normalized spacial score (nSPS) is 10.0. The summed E-state index contributed by atoms with van der Waals surface area (Å²) in [5.41, 5.74) is 0.210. The molecule has 0 saturated carbocycles. The summed E-state index contributed by atoms with van der Waals surface area (Å²) in [4.78, 5) is 21.5. The number of ether oxygens (including phenoxy) is 3. The molecule has 112 valence electrons. The van der Waals surface area contributed by atoms with E-state index in [2.05, 4.69) is 0 Å². The Balaban J connectivity index is 2.91. The van der Waals surface area contributed by atoms with Gasteiger partial charge in [0.1, 0.15) is 5.56 Å². The van der Waals surface area contributed by atoms with Gasteiger partial charge in [-0.15, -0.1) is 0 Å². The topological polar surface area (TPSA) is 63.2 Å². The molecule has 6 nitrogen and oxygen atoms in total. The number of hydrogen-bond donors (Lipinski definition) is 0. The molecule has 0 N–H and O–H groups in total. The summed E-state index contributed by atoms with van der Waals surface area (Å²) in [6.07, 6.45) is 1.77. The van der Waals surface area contributed by atoms with Gasteiger partial charge in [-0.1, -0.05) is 13.3 Å². The Hall–Kier alpha value is -1.95. The molecule has 0 aromatic heterocycles. The molecule has 0 bridgehead atoms. The second kappa shape index (κ2) is 8.27. The van der Waals surface area contributed by atoms with E-state index in [1.54, 1.807) is 6.07 Å². The first-order valence-corrected chi connectivity index (χ1v) is 6.32. The van der Waals surface area contributed by atoms with Crippen LogP contribution in [0.3, 0.4) is 0 Å². The first kappa shape index (κ1) is 16.1. The second-order valence-corrected chi connectivity index (χ2v) is 3.93. The lowest BCUT2D eigenvalue weighted by molar-refractivity contribution is -0.241. The minimum absolute atomic E-state index is 0.210. The Labute approximate surface area is 118 Å². The van der Waals surface area contributed by atoms with Gasteiger partial charge in [-0.3, -0.25) is 4.89 Å². The summed E-state index contributed by atoms with van der Waals surface area (Å²) < 4.78 is 15.5. The average Bonchev–Trinajstić information content (AvgIpc) is 2.49. The lowest BCUT2D eigenvalue weighted by Gasteiger charge is -2.14. The number of carbonyl (C=O) groups is 1. The quantitative estimate of drug-likeness (QED) is 0.415. The molecule has 0 aliphatic carbocycles. The fourth-order valence-electron chi connectivity index (χ4n) is 1.61. The van der Waals surface area contributed by atoms with Gasteiger partial charge in [0.25, 0.3) is 0 Å². The zero-order chi connectivity index (χ0) is 15.0. The molecule has 1 rings (SSSR count). The van der Waals surface area contributed by atoms with Crippen LogP contribution in [0.1, 0.15) is 30.1 Å². The van der Waals surface area contributed by atoms with E-state index < -0.39 is 5.97 Å². The number of unbranched alkanes of at least 4 members (excludes halogenated alkanes) is 1. The van der Waals surface area contributed by atoms with Crippen LogP contribution in [0.25, 0.3) is 0 Å². The van der Waals surface area contributed by atoms with Gasteiger partial charge in [-0.2, -0.15) is 4.89 Å². The standard InChI is InChI=1S/C14H20O6/c1-5-6-9-19-20-14(15)10-7-8-11(16-2)13(18-4)12(10)17-3/h7-8H,5-6,9H2,1-4H3. The zero-order valence-electron chi connectivity index (χ0n) is 12.2. The average molecular weight is 284 g/mol. The van der Waals surface area contributed by atoms with Crippen LogP contribution in [0.2, 0.25) is 0 Å². The number of carbonyl (C=O) groups excluding carboxylic acids is 1. The summed E-state index contributed by atoms with van der Waals surface area (Å²) in [7, 11) is 4.41. The third-order valence-corrected chi connectivity index (χ3v) is 2.64. The van der Waals surface area contributed by atoms with Crippen LogP contribution in [0.5, 0.6) is 17.2 Å². The highest BCUT2D eigenvalue weighted by Gasteiger charge is 2.22. The Morgan fingerprint density at radius 2 is 1.75 bits per heavy atom. The zero-order valence-corrected chi connectivity index (χ0v) is 12.2. The van der Waals surface area contributed by atoms with Crippen LogP contribution < -0.4 is 14.2 Å². The highest BCUT2D eigenvalue weighted by molar-refractivity contribution is 5.93. The van der Waals surface area contributed by atoms with E-state index in [0.29, 0.717) is 18.1 Å². The number of hydrogen-bond acceptors (Lipinski definition) is 6. The molecule has 20 heavy (non-hydrogen) atoms. The predicted molar refractivity (Wildman–Crippen MR) is 72.4 cm³/mol. The third-order valence-electron chi connectivity index (χ3n) is 2.64. The largest absolute Gasteiger partial charge is 0.493 e. The maximum absolute atomic E-state index is 11.9. The molecular formula is C14H20O6. The number of benzene rings is 1. The summed E-state index contributed by atoms with van der Waals surface area (Å²) in [6, 6.07) is 3.13. The van der Waals surface area contributed by atoms with Gasteiger partial charge in [0.2, 0.25) is 5.75 Å². The smallest absolute Gasteiger partial charge is 0.376 e. The van der Waals surface area contributed by atoms with Gasteiger partial charge in [-0.05, 0) is 18.6 Å². The van der Waals surface area contributed by atoms with Gasteiger partial charge >= 0.3 is 5.97 Å². The molecule has 1 aromatic carbocycles. The minimum Gasteiger partial charge on any atom is -0.493 e. The van der Waals surface area contributed by atoms with E-state index in [9.17, 15) is 4.79 Å². The van der Waals surface area contributed by atoms with E-state index >= 15 is 0 Å².